The molecule has 2 rings (SSSR count). The first kappa shape index (κ1) is 14.9. The topological polar surface area (TPSA) is 21.3 Å². The molecule has 0 spiro atoms. The molecule has 0 bridgehead atoms. The van der Waals surface area contributed by atoms with Crippen molar-refractivity contribution in [1.29, 1.82) is 0 Å². The predicted molar refractivity (Wildman–Crippen MR) is 84.6 cm³/mol. The van der Waals surface area contributed by atoms with Gasteiger partial charge in [0.05, 0.1) is 12.7 Å². The zero-order valence-electron chi connectivity index (χ0n) is 11.9. The number of nitrogens with one attached hydrogen (secondary N) is 1. The molecule has 1 saturated carbocycles. The third-order valence-corrected chi connectivity index (χ3v) is 4.39. The standard InChI is InChI=1S/C16H24BrNO/c1-16(2)8-6-15(7-9-16)19-11-10-18-14-5-3-4-13(17)12-14/h3-5,12,15,18H,6-11H2,1-2H3. The van der Waals surface area contributed by atoms with Gasteiger partial charge < -0.3 is 10.1 Å². The molecule has 1 N–H and O–H groups in total. The molecule has 1 aliphatic rings. The molecule has 0 saturated heterocycles. The van der Waals surface area contributed by atoms with Crippen molar-refractivity contribution in [2.24, 2.45) is 5.41 Å². The lowest BCUT2D eigenvalue weighted by Crippen LogP contribution is -2.27. The summed E-state index contributed by atoms with van der Waals surface area (Å²) in [5.41, 5.74) is 1.66. The van der Waals surface area contributed by atoms with Gasteiger partial charge >= 0.3 is 0 Å². The van der Waals surface area contributed by atoms with Crippen LogP contribution in [0.15, 0.2) is 28.7 Å². The van der Waals surface area contributed by atoms with E-state index < -0.39 is 0 Å². The monoisotopic (exact) mass is 325 g/mol. The fraction of sp³-hybridized carbons (Fsp3) is 0.625. The van der Waals surface area contributed by atoms with Crippen LogP contribution in [0.4, 0.5) is 5.69 Å². The zero-order valence-corrected chi connectivity index (χ0v) is 13.5. The first-order chi connectivity index (χ1) is 9.05. The fourth-order valence-electron chi connectivity index (χ4n) is 2.56. The van der Waals surface area contributed by atoms with Crippen LogP contribution < -0.4 is 5.32 Å². The Balaban J connectivity index is 1.62. The third kappa shape index (κ3) is 5.15. The van der Waals surface area contributed by atoms with Gasteiger partial charge in [-0.3, -0.25) is 0 Å². The lowest BCUT2D eigenvalue weighted by molar-refractivity contribution is 0.00945. The quantitative estimate of drug-likeness (QED) is 0.781. The van der Waals surface area contributed by atoms with Crippen LogP contribution in [-0.4, -0.2) is 19.3 Å². The molecule has 0 aliphatic heterocycles. The van der Waals surface area contributed by atoms with E-state index in [1.165, 1.54) is 25.7 Å². The van der Waals surface area contributed by atoms with Gasteiger partial charge in [0.1, 0.15) is 0 Å². The molecule has 1 aromatic carbocycles. The minimum atomic E-state index is 0.470. The minimum absolute atomic E-state index is 0.470. The van der Waals surface area contributed by atoms with Crippen molar-refractivity contribution < 1.29 is 4.74 Å². The van der Waals surface area contributed by atoms with Crippen LogP contribution in [0.5, 0.6) is 0 Å². The van der Waals surface area contributed by atoms with Gasteiger partial charge in [-0.25, -0.2) is 0 Å². The summed E-state index contributed by atoms with van der Waals surface area (Å²) in [4.78, 5) is 0. The molecule has 0 atom stereocenters. The summed E-state index contributed by atoms with van der Waals surface area (Å²) in [6.07, 6.45) is 5.47. The van der Waals surface area contributed by atoms with Gasteiger partial charge in [0.25, 0.3) is 0 Å². The molecule has 0 unspecified atom stereocenters. The van der Waals surface area contributed by atoms with Gasteiger partial charge in [0.2, 0.25) is 0 Å². The first-order valence-corrected chi connectivity index (χ1v) is 7.95. The first-order valence-electron chi connectivity index (χ1n) is 7.16. The second-order valence-corrected chi connectivity index (χ2v) is 7.09. The van der Waals surface area contributed by atoms with Crippen molar-refractivity contribution in [3.63, 3.8) is 0 Å². The summed E-state index contributed by atoms with van der Waals surface area (Å²) in [5.74, 6) is 0. The largest absolute Gasteiger partial charge is 0.383 e. The van der Waals surface area contributed by atoms with Crippen molar-refractivity contribution in [3.8, 4) is 0 Å². The molecular formula is C16H24BrNO. The van der Waals surface area contributed by atoms with E-state index in [0.717, 1.165) is 23.3 Å². The second kappa shape index (κ2) is 6.76. The van der Waals surface area contributed by atoms with E-state index in [2.05, 4.69) is 47.2 Å². The molecule has 1 aliphatic carbocycles. The van der Waals surface area contributed by atoms with Crippen LogP contribution in [0, 0.1) is 5.41 Å². The van der Waals surface area contributed by atoms with E-state index in [0.29, 0.717) is 11.5 Å². The number of halogens is 1. The average molecular weight is 326 g/mol. The Morgan fingerprint density at radius 2 is 2.05 bits per heavy atom. The van der Waals surface area contributed by atoms with Gasteiger partial charge in [-0.2, -0.15) is 0 Å². The molecule has 0 amide bonds. The Morgan fingerprint density at radius 3 is 2.74 bits per heavy atom. The van der Waals surface area contributed by atoms with Crippen molar-refractivity contribution in [1.82, 2.24) is 0 Å². The molecule has 1 aromatic rings. The average Bonchev–Trinajstić information content (AvgIpc) is 2.36. The normalized spacial score (nSPS) is 19.3. The molecule has 106 valence electrons. The van der Waals surface area contributed by atoms with Gasteiger partial charge in [-0.05, 0) is 49.3 Å². The number of anilines is 1. The number of hydrogen-bond donors (Lipinski definition) is 1. The third-order valence-electron chi connectivity index (χ3n) is 3.90. The Hall–Kier alpha value is -0.540. The van der Waals surface area contributed by atoms with Crippen molar-refractivity contribution in [3.05, 3.63) is 28.7 Å². The van der Waals surface area contributed by atoms with Crippen molar-refractivity contribution >= 4 is 21.6 Å². The molecule has 3 heteroatoms. The lowest BCUT2D eigenvalue weighted by atomic mass is 9.76. The molecule has 2 nitrogen and oxygen atoms in total. The molecule has 0 heterocycles. The van der Waals surface area contributed by atoms with Gasteiger partial charge in [0, 0.05) is 16.7 Å². The number of rotatable bonds is 5. The molecule has 1 fully saturated rings. The van der Waals surface area contributed by atoms with E-state index in [1.807, 2.05) is 12.1 Å². The van der Waals surface area contributed by atoms with Crippen LogP contribution in [0.25, 0.3) is 0 Å². The highest BCUT2D eigenvalue weighted by Gasteiger charge is 2.26. The van der Waals surface area contributed by atoms with Crippen LogP contribution in [0.1, 0.15) is 39.5 Å². The van der Waals surface area contributed by atoms with E-state index in [9.17, 15) is 0 Å². The maximum atomic E-state index is 5.95. The summed E-state index contributed by atoms with van der Waals surface area (Å²) < 4.78 is 7.06. The summed E-state index contributed by atoms with van der Waals surface area (Å²) >= 11 is 3.47. The van der Waals surface area contributed by atoms with E-state index in [4.69, 9.17) is 4.74 Å². The molecule has 19 heavy (non-hydrogen) atoms. The lowest BCUT2D eigenvalue weighted by Gasteiger charge is -2.34. The zero-order chi connectivity index (χ0) is 13.7. The summed E-state index contributed by atoms with van der Waals surface area (Å²) in [5, 5.41) is 3.39. The van der Waals surface area contributed by atoms with Gasteiger partial charge in [0.15, 0.2) is 0 Å². The smallest absolute Gasteiger partial charge is 0.0642 e. The predicted octanol–water partition coefficient (Wildman–Crippen LogP) is 4.85. The van der Waals surface area contributed by atoms with Gasteiger partial charge in [-0.1, -0.05) is 35.8 Å². The van der Waals surface area contributed by atoms with Crippen molar-refractivity contribution in [2.75, 3.05) is 18.5 Å². The number of ether oxygens (including phenoxy) is 1. The number of benzene rings is 1. The minimum Gasteiger partial charge on any atom is -0.383 e. The summed E-state index contributed by atoms with van der Waals surface area (Å²) in [7, 11) is 0. The van der Waals surface area contributed by atoms with E-state index in [-0.39, 0.29) is 0 Å². The summed E-state index contributed by atoms with van der Waals surface area (Å²) in [6.45, 7) is 6.38. The van der Waals surface area contributed by atoms with Crippen LogP contribution in [-0.2, 0) is 4.74 Å². The summed E-state index contributed by atoms with van der Waals surface area (Å²) in [6, 6.07) is 8.24. The van der Waals surface area contributed by atoms with Crippen LogP contribution in [0.2, 0.25) is 0 Å². The number of hydrogen-bond acceptors (Lipinski definition) is 2. The maximum Gasteiger partial charge on any atom is 0.0642 e. The second-order valence-electron chi connectivity index (χ2n) is 6.17. The van der Waals surface area contributed by atoms with Crippen molar-refractivity contribution in [2.45, 2.75) is 45.6 Å². The Kier molecular flexibility index (Phi) is 5.28. The molecule has 0 aromatic heterocycles. The van der Waals surface area contributed by atoms with Crippen LogP contribution in [0.3, 0.4) is 0 Å². The van der Waals surface area contributed by atoms with Crippen LogP contribution >= 0.6 is 15.9 Å². The highest BCUT2D eigenvalue weighted by Crippen LogP contribution is 2.36. The van der Waals surface area contributed by atoms with Gasteiger partial charge in [-0.15, -0.1) is 0 Å². The fourth-order valence-corrected chi connectivity index (χ4v) is 2.96. The maximum absolute atomic E-state index is 5.95. The molecular weight excluding hydrogens is 302 g/mol. The van der Waals surface area contributed by atoms with E-state index >= 15 is 0 Å². The Bertz CT molecular complexity index is 395. The highest BCUT2D eigenvalue weighted by atomic mass is 79.9. The Labute approximate surface area is 125 Å². The Morgan fingerprint density at radius 1 is 1.32 bits per heavy atom. The molecule has 0 radical (unpaired) electrons. The SMILES string of the molecule is CC1(C)CCC(OCCNc2cccc(Br)c2)CC1. The van der Waals surface area contributed by atoms with E-state index in [1.54, 1.807) is 0 Å². The highest BCUT2D eigenvalue weighted by molar-refractivity contribution is 9.10.